The van der Waals surface area contributed by atoms with E-state index in [1.807, 2.05) is 0 Å². The summed E-state index contributed by atoms with van der Waals surface area (Å²) in [5.74, 6) is 3.73. The number of nitrogens with zero attached hydrogens (tertiary/aromatic N) is 2. The van der Waals surface area contributed by atoms with Crippen molar-refractivity contribution >= 4 is 0 Å². The SMILES string of the molecule is NC(CCC12CC3CC(CC(C3)C1)C2)c1ncon1. The van der Waals surface area contributed by atoms with E-state index in [1.54, 1.807) is 0 Å². The van der Waals surface area contributed by atoms with Crippen molar-refractivity contribution in [1.82, 2.24) is 10.1 Å². The fourth-order valence-corrected chi connectivity index (χ4v) is 5.53. The quantitative estimate of drug-likeness (QED) is 0.904. The van der Waals surface area contributed by atoms with Gasteiger partial charge in [-0.2, -0.15) is 4.98 Å². The second kappa shape index (κ2) is 4.30. The van der Waals surface area contributed by atoms with Crippen LogP contribution in [0.15, 0.2) is 10.9 Å². The van der Waals surface area contributed by atoms with Gasteiger partial charge in [-0.05, 0) is 74.5 Å². The Hall–Kier alpha value is -0.900. The van der Waals surface area contributed by atoms with Gasteiger partial charge >= 0.3 is 0 Å². The van der Waals surface area contributed by atoms with Crippen LogP contribution in [-0.4, -0.2) is 10.1 Å². The van der Waals surface area contributed by atoms with Crippen molar-refractivity contribution in [3.05, 3.63) is 12.2 Å². The van der Waals surface area contributed by atoms with E-state index < -0.39 is 0 Å². The van der Waals surface area contributed by atoms with Gasteiger partial charge in [-0.1, -0.05) is 5.16 Å². The van der Waals surface area contributed by atoms with E-state index in [4.69, 9.17) is 10.3 Å². The van der Waals surface area contributed by atoms with Crippen LogP contribution in [0.5, 0.6) is 0 Å². The third kappa shape index (κ3) is 2.10. The summed E-state index contributed by atoms with van der Waals surface area (Å²) in [4.78, 5) is 4.08. The minimum atomic E-state index is -0.0493. The molecule has 1 unspecified atom stereocenters. The molecule has 2 N–H and O–H groups in total. The molecule has 1 atom stereocenters. The van der Waals surface area contributed by atoms with Gasteiger partial charge in [0.25, 0.3) is 0 Å². The molecule has 1 aromatic rings. The molecule has 1 aromatic heterocycles. The van der Waals surface area contributed by atoms with E-state index in [0.717, 1.165) is 24.2 Å². The van der Waals surface area contributed by atoms with Crippen LogP contribution in [0, 0.1) is 23.2 Å². The first-order valence-corrected chi connectivity index (χ1v) is 7.74. The van der Waals surface area contributed by atoms with Crippen molar-refractivity contribution in [2.45, 2.75) is 57.4 Å². The fourth-order valence-electron chi connectivity index (χ4n) is 5.53. The predicted octanol–water partition coefficient (Wildman–Crippen LogP) is 3.07. The standard InChI is InChI=1S/C15H23N3O/c16-13(14-17-9-19-18-14)1-2-15-6-10-3-11(7-15)5-12(4-10)8-15/h9-13H,1-8,16H2. The van der Waals surface area contributed by atoms with Crippen LogP contribution in [0.2, 0.25) is 0 Å². The van der Waals surface area contributed by atoms with Crippen LogP contribution in [0.4, 0.5) is 0 Å². The molecule has 104 valence electrons. The zero-order chi connectivity index (χ0) is 12.9. The molecule has 4 bridgehead atoms. The molecule has 0 aliphatic heterocycles. The molecular weight excluding hydrogens is 238 g/mol. The zero-order valence-corrected chi connectivity index (χ0v) is 11.4. The van der Waals surface area contributed by atoms with E-state index in [0.29, 0.717) is 11.2 Å². The van der Waals surface area contributed by atoms with Crippen LogP contribution in [0.3, 0.4) is 0 Å². The molecular formula is C15H23N3O. The van der Waals surface area contributed by atoms with Gasteiger partial charge in [0, 0.05) is 0 Å². The van der Waals surface area contributed by atoms with Crippen molar-refractivity contribution < 1.29 is 4.52 Å². The highest BCUT2D eigenvalue weighted by molar-refractivity contribution is 5.02. The van der Waals surface area contributed by atoms with Crippen LogP contribution in [0.1, 0.15) is 63.2 Å². The Kier molecular flexibility index (Phi) is 2.69. The normalized spacial score (nSPS) is 41.6. The van der Waals surface area contributed by atoms with Gasteiger partial charge in [0.2, 0.25) is 6.39 Å². The monoisotopic (exact) mass is 261 g/mol. The molecule has 4 fully saturated rings. The summed E-state index contributed by atoms with van der Waals surface area (Å²) in [5.41, 5.74) is 6.79. The summed E-state index contributed by atoms with van der Waals surface area (Å²) in [6.07, 6.45) is 12.5. The summed E-state index contributed by atoms with van der Waals surface area (Å²) < 4.78 is 4.79. The molecule has 0 amide bonds. The molecule has 1 heterocycles. The fraction of sp³-hybridized carbons (Fsp3) is 0.867. The maximum Gasteiger partial charge on any atom is 0.213 e. The lowest BCUT2D eigenvalue weighted by Gasteiger charge is -2.57. The minimum absolute atomic E-state index is 0.0493. The Morgan fingerprint density at radius 1 is 1.21 bits per heavy atom. The molecule has 0 radical (unpaired) electrons. The summed E-state index contributed by atoms with van der Waals surface area (Å²) in [6, 6.07) is -0.0493. The lowest BCUT2D eigenvalue weighted by molar-refractivity contribution is -0.0589. The Morgan fingerprint density at radius 2 is 1.84 bits per heavy atom. The molecule has 4 aliphatic rings. The first kappa shape index (κ1) is 11.9. The van der Waals surface area contributed by atoms with E-state index in [1.165, 1.54) is 51.3 Å². The average Bonchev–Trinajstić information content (AvgIpc) is 2.88. The third-order valence-electron chi connectivity index (χ3n) is 5.86. The van der Waals surface area contributed by atoms with Crippen molar-refractivity contribution in [3.8, 4) is 0 Å². The number of aromatic nitrogens is 2. The number of rotatable bonds is 4. The minimum Gasteiger partial charge on any atom is -0.343 e. The Balaban J connectivity index is 1.42. The molecule has 0 aromatic carbocycles. The van der Waals surface area contributed by atoms with E-state index in [2.05, 4.69) is 10.1 Å². The Labute approximate surface area is 114 Å². The van der Waals surface area contributed by atoms with Gasteiger partial charge in [0.1, 0.15) is 0 Å². The molecule has 0 saturated heterocycles. The van der Waals surface area contributed by atoms with Gasteiger partial charge < -0.3 is 10.3 Å². The predicted molar refractivity (Wildman–Crippen MR) is 71.1 cm³/mol. The van der Waals surface area contributed by atoms with Gasteiger partial charge in [-0.15, -0.1) is 0 Å². The van der Waals surface area contributed by atoms with E-state index >= 15 is 0 Å². The molecule has 4 saturated carbocycles. The Bertz CT molecular complexity index is 407. The molecule has 19 heavy (non-hydrogen) atoms. The lowest BCUT2D eigenvalue weighted by Crippen LogP contribution is -2.46. The lowest BCUT2D eigenvalue weighted by atomic mass is 9.48. The van der Waals surface area contributed by atoms with Crippen molar-refractivity contribution in [1.29, 1.82) is 0 Å². The van der Waals surface area contributed by atoms with E-state index in [9.17, 15) is 0 Å². The topological polar surface area (TPSA) is 64.9 Å². The summed E-state index contributed by atoms with van der Waals surface area (Å²) in [7, 11) is 0. The zero-order valence-electron chi connectivity index (χ0n) is 11.4. The maximum absolute atomic E-state index is 6.18. The average molecular weight is 261 g/mol. The number of nitrogens with two attached hydrogens (primary N) is 1. The van der Waals surface area contributed by atoms with Crippen LogP contribution in [0.25, 0.3) is 0 Å². The largest absolute Gasteiger partial charge is 0.343 e. The first-order chi connectivity index (χ1) is 9.22. The van der Waals surface area contributed by atoms with Crippen LogP contribution in [-0.2, 0) is 0 Å². The second-order valence-electron chi connectivity index (χ2n) is 7.35. The van der Waals surface area contributed by atoms with Gasteiger partial charge in [0.05, 0.1) is 6.04 Å². The molecule has 5 rings (SSSR count). The first-order valence-electron chi connectivity index (χ1n) is 7.74. The van der Waals surface area contributed by atoms with Crippen LogP contribution >= 0.6 is 0 Å². The number of hydrogen-bond donors (Lipinski definition) is 1. The summed E-state index contributed by atoms with van der Waals surface area (Å²) >= 11 is 0. The summed E-state index contributed by atoms with van der Waals surface area (Å²) in [5, 5.41) is 3.87. The molecule has 4 nitrogen and oxygen atoms in total. The van der Waals surface area contributed by atoms with Gasteiger partial charge in [-0.25, -0.2) is 0 Å². The highest BCUT2D eigenvalue weighted by Gasteiger charge is 2.50. The molecule has 4 aliphatic carbocycles. The van der Waals surface area contributed by atoms with E-state index in [-0.39, 0.29) is 6.04 Å². The number of hydrogen-bond acceptors (Lipinski definition) is 4. The maximum atomic E-state index is 6.18. The van der Waals surface area contributed by atoms with Crippen molar-refractivity contribution in [3.63, 3.8) is 0 Å². The van der Waals surface area contributed by atoms with Crippen LogP contribution < -0.4 is 5.73 Å². The molecule has 0 spiro atoms. The second-order valence-corrected chi connectivity index (χ2v) is 7.35. The molecule has 4 heteroatoms. The van der Waals surface area contributed by atoms with Gasteiger partial charge in [0.15, 0.2) is 5.82 Å². The smallest absolute Gasteiger partial charge is 0.213 e. The Morgan fingerprint density at radius 3 is 2.37 bits per heavy atom. The van der Waals surface area contributed by atoms with Gasteiger partial charge in [-0.3, -0.25) is 0 Å². The van der Waals surface area contributed by atoms with Crippen molar-refractivity contribution in [2.75, 3.05) is 0 Å². The highest BCUT2D eigenvalue weighted by Crippen LogP contribution is 2.61. The highest BCUT2D eigenvalue weighted by atomic mass is 16.5. The summed E-state index contributed by atoms with van der Waals surface area (Å²) in [6.45, 7) is 0. The van der Waals surface area contributed by atoms with Crippen molar-refractivity contribution in [2.24, 2.45) is 28.9 Å². The third-order valence-corrected chi connectivity index (χ3v) is 5.86.